The first-order chi connectivity index (χ1) is 7.95. The van der Waals surface area contributed by atoms with Crippen LogP contribution in [0.2, 0.25) is 0 Å². The number of rotatable bonds is 3. The Kier molecular flexibility index (Phi) is 3.76. The van der Waals surface area contributed by atoms with Crippen molar-refractivity contribution in [2.24, 2.45) is 0 Å². The van der Waals surface area contributed by atoms with Gasteiger partial charge < -0.3 is 10.5 Å². The van der Waals surface area contributed by atoms with Gasteiger partial charge in [0.1, 0.15) is 11.5 Å². The van der Waals surface area contributed by atoms with Crippen LogP contribution < -0.4 is 5.73 Å². The highest BCUT2D eigenvalue weighted by atomic mass is 19.1. The van der Waals surface area contributed by atoms with Crippen LogP contribution in [0.15, 0.2) is 18.2 Å². The predicted molar refractivity (Wildman–Crippen MR) is 58.5 cm³/mol. The number of nitrogens with two attached hydrogens (primary N) is 1. The summed E-state index contributed by atoms with van der Waals surface area (Å²) in [6.07, 6.45) is 2.03. The van der Waals surface area contributed by atoms with Crippen LogP contribution in [-0.2, 0) is 9.53 Å². The number of carbonyl (C=O) groups is 1. The SMILES string of the molecule is COC(=O)C=Cc1cc([N+](=O)[O-])c(N)cc1F. The Morgan fingerprint density at radius 2 is 2.24 bits per heavy atom. The topological polar surface area (TPSA) is 95.5 Å². The zero-order valence-electron chi connectivity index (χ0n) is 8.84. The molecule has 17 heavy (non-hydrogen) atoms. The molecule has 0 aliphatic carbocycles. The average molecular weight is 240 g/mol. The second kappa shape index (κ2) is 5.06. The number of hydrogen-bond donors (Lipinski definition) is 1. The summed E-state index contributed by atoms with van der Waals surface area (Å²) < 4.78 is 17.6. The van der Waals surface area contributed by atoms with E-state index in [-0.39, 0.29) is 11.3 Å². The molecule has 0 aromatic heterocycles. The van der Waals surface area contributed by atoms with E-state index in [1.165, 1.54) is 0 Å². The maximum absolute atomic E-state index is 13.3. The second-order valence-electron chi connectivity index (χ2n) is 3.05. The summed E-state index contributed by atoms with van der Waals surface area (Å²) in [5.41, 5.74) is 4.47. The lowest BCUT2D eigenvalue weighted by atomic mass is 10.1. The molecule has 0 atom stereocenters. The Labute approximate surface area is 95.6 Å². The van der Waals surface area contributed by atoms with Crippen LogP contribution in [0.4, 0.5) is 15.8 Å². The van der Waals surface area contributed by atoms with E-state index in [0.29, 0.717) is 0 Å². The molecule has 0 saturated carbocycles. The first kappa shape index (κ1) is 12.6. The summed E-state index contributed by atoms with van der Waals surface area (Å²) in [6.45, 7) is 0. The first-order valence-corrected chi connectivity index (χ1v) is 4.45. The van der Waals surface area contributed by atoms with Gasteiger partial charge in [-0.05, 0) is 6.08 Å². The van der Waals surface area contributed by atoms with Gasteiger partial charge in [0, 0.05) is 23.8 Å². The molecule has 0 unspecified atom stereocenters. The van der Waals surface area contributed by atoms with Crippen molar-refractivity contribution in [1.82, 2.24) is 0 Å². The van der Waals surface area contributed by atoms with E-state index < -0.39 is 22.4 Å². The van der Waals surface area contributed by atoms with Gasteiger partial charge in [0.05, 0.1) is 12.0 Å². The molecule has 1 aromatic rings. The molecule has 0 bridgehead atoms. The van der Waals surface area contributed by atoms with Gasteiger partial charge in [0.2, 0.25) is 0 Å². The molecule has 0 aliphatic heterocycles. The molecule has 0 saturated heterocycles. The van der Waals surface area contributed by atoms with Crippen LogP contribution in [-0.4, -0.2) is 18.0 Å². The zero-order valence-corrected chi connectivity index (χ0v) is 8.84. The molecule has 0 aliphatic rings. The number of methoxy groups -OCH3 is 1. The van der Waals surface area contributed by atoms with Crippen LogP contribution in [0.1, 0.15) is 5.56 Å². The van der Waals surface area contributed by atoms with Crippen LogP contribution in [0.5, 0.6) is 0 Å². The molecule has 0 radical (unpaired) electrons. The van der Waals surface area contributed by atoms with Crippen molar-refractivity contribution in [2.45, 2.75) is 0 Å². The average Bonchev–Trinajstić information content (AvgIpc) is 2.26. The molecule has 90 valence electrons. The standard InChI is InChI=1S/C10H9FN2O4/c1-17-10(14)3-2-6-4-9(13(15)16)8(12)5-7(6)11/h2-5H,12H2,1H3. The third-order valence-electron chi connectivity index (χ3n) is 1.94. The number of esters is 1. The zero-order chi connectivity index (χ0) is 13.0. The number of nitro groups is 1. The predicted octanol–water partition coefficient (Wildman–Crippen LogP) is 1.50. The molecule has 7 heteroatoms. The summed E-state index contributed by atoms with van der Waals surface area (Å²) in [6, 6.07) is 1.78. The number of benzene rings is 1. The van der Waals surface area contributed by atoms with Gasteiger partial charge in [-0.25, -0.2) is 9.18 Å². The Morgan fingerprint density at radius 1 is 1.59 bits per heavy atom. The maximum Gasteiger partial charge on any atom is 0.330 e. The van der Waals surface area contributed by atoms with Crippen LogP contribution in [0.3, 0.4) is 0 Å². The molecular weight excluding hydrogens is 231 g/mol. The van der Waals surface area contributed by atoms with Crippen molar-refractivity contribution in [3.05, 3.63) is 39.7 Å². The monoisotopic (exact) mass is 240 g/mol. The molecule has 6 nitrogen and oxygen atoms in total. The van der Waals surface area contributed by atoms with E-state index in [1.54, 1.807) is 0 Å². The minimum Gasteiger partial charge on any atom is -0.466 e. The minimum absolute atomic E-state index is 0.115. The molecule has 0 heterocycles. The van der Waals surface area contributed by atoms with Gasteiger partial charge in [-0.15, -0.1) is 0 Å². The van der Waals surface area contributed by atoms with Gasteiger partial charge in [-0.1, -0.05) is 0 Å². The van der Waals surface area contributed by atoms with Crippen LogP contribution >= 0.6 is 0 Å². The molecule has 0 spiro atoms. The maximum atomic E-state index is 13.3. The molecule has 0 fully saturated rings. The van der Waals surface area contributed by atoms with E-state index >= 15 is 0 Å². The van der Waals surface area contributed by atoms with Crippen molar-refractivity contribution >= 4 is 23.4 Å². The molecule has 0 amide bonds. The molecule has 1 rings (SSSR count). The summed E-state index contributed by atoms with van der Waals surface area (Å²) in [4.78, 5) is 20.6. The molecular formula is C10H9FN2O4. The molecule has 2 N–H and O–H groups in total. The fourth-order valence-corrected chi connectivity index (χ4v) is 1.11. The Morgan fingerprint density at radius 3 is 2.76 bits per heavy atom. The minimum atomic E-state index is -0.756. The Bertz CT molecular complexity index is 499. The van der Waals surface area contributed by atoms with E-state index in [4.69, 9.17) is 5.73 Å². The number of hydrogen-bond acceptors (Lipinski definition) is 5. The van der Waals surface area contributed by atoms with Gasteiger partial charge in [0.25, 0.3) is 5.69 Å². The van der Waals surface area contributed by atoms with Gasteiger partial charge in [-0.3, -0.25) is 10.1 Å². The lowest BCUT2D eigenvalue weighted by Gasteiger charge is -2.00. The lowest BCUT2D eigenvalue weighted by molar-refractivity contribution is -0.384. The normalized spacial score (nSPS) is 10.5. The second-order valence-corrected chi connectivity index (χ2v) is 3.05. The van der Waals surface area contributed by atoms with Gasteiger partial charge in [0.15, 0.2) is 0 Å². The third-order valence-corrected chi connectivity index (χ3v) is 1.94. The fourth-order valence-electron chi connectivity index (χ4n) is 1.11. The number of carbonyl (C=O) groups excluding carboxylic acids is 1. The summed E-state index contributed by atoms with van der Waals surface area (Å²) in [7, 11) is 1.16. The highest BCUT2D eigenvalue weighted by Gasteiger charge is 2.15. The van der Waals surface area contributed by atoms with Crippen molar-refractivity contribution in [3.8, 4) is 0 Å². The molecule has 1 aromatic carbocycles. The Hall–Kier alpha value is -2.44. The van der Waals surface area contributed by atoms with E-state index in [0.717, 1.165) is 31.4 Å². The van der Waals surface area contributed by atoms with Crippen LogP contribution in [0.25, 0.3) is 6.08 Å². The highest BCUT2D eigenvalue weighted by Crippen LogP contribution is 2.25. The van der Waals surface area contributed by atoms with Crippen molar-refractivity contribution in [2.75, 3.05) is 12.8 Å². The third kappa shape index (κ3) is 3.00. The Balaban J connectivity index is 3.16. The largest absolute Gasteiger partial charge is 0.466 e. The summed E-state index contributed by atoms with van der Waals surface area (Å²) >= 11 is 0. The van der Waals surface area contributed by atoms with Gasteiger partial charge in [-0.2, -0.15) is 0 Å². The number of halogens is 1. The van der Waals surface area contributed by atoms with E-state index in [2.05, 4.69) is 4.74 Å². The fraction of sp³-hybridized carbons (Fsp3) is 0.100. The van der Waals surface area contributed by atoms with Crippen molar-refractivity contribution in [3.63, 3.8) is 0 Å². The number of nitro benzene ring substituents is 1. The number of ether oxygens (including phenoxy) is 1. The summed E-state index contributed by atoms with van der Waals surface area (Å²) in [5.74, 6) is -1.45. The lowest BCUT2D eigenvalue weighted by Crippen LogP contribution is -1.98. The van der Waals surface area contributed by atoms with Crippen molar-refractivity contribution in [1.29, 1.82) is 0 Å². The highest BCUT2D eigenvalue weighted by molar-refractivity contribution is 5.87. The van der Waals surface area contributed by atoms with E-state index in [9.17, 15) is 19.3 Å². The van der Waals surface area contributed by atoms with Gasteiger partial charge >= 0.3 is 5.97 Å². The first-order valence-electron chi connectivity index (χ1n) is 4.45. The van der Waals surface area contributed by atoms with Crippen molar-refractivity contribution < 1.29 is 18.8 Å². The quantitative estimate of drug-likeness (QED) is 0.284. The number of nitrogen functional groups attached to an aromatic ring is 1. The number of nitrogens with zero attached hydrogens (tertiary/aromatic N) is 1. The smallest absolute Gasteiger partial charge is 0.330 e. The number of anilines is 1. The van der Waals surface area contributed by atoms with E-state index in [1.807, 2.05) is 0 Å². The van der Waals surface area contributed by atoms with Crippen LogP contribution in [0, 0.1) is 15.9 Å². The summed E-state index contributed by atoms with van der Waals surface area (Å²) in [5, 5.41) is 10.6.